The number of benzene rings is 2. The van der Waals surface area contributed by atoms with E-state index < -0.39 is 17.5 Å². The van der Waals surface area contributed by atoms with Gasteiger partial charge >= 0.3 is 6.03 Å². The molecule has 1 aliphatic carbocycles. The zero-order valence-electron chi connectivity index (χ0n) is 17.3. The number of nitrogens with one attached hydrogen (secondary N) is 2. The predicted molar refractivity (Wildman–Crippen MR) is 111 cm³/mol. The first kappa shape index (κ1) is 18.9. The van der Waals surface area contributed by atoms with Gasteiger partial charge in [0.1, 0.15) is 18.8 Å². The molecule has 3 atom stereocenters. The summed E-state index contributed by atoms with van der Waals surface area (Å²) in [5.74, 6) is 2.64. The van der Waals surface area contributed by atoms with Crippen molar-refractivity contribution in [2.24, 2.45) is 0 Å². The quantitative estimate of drug-likeness (QED) is 0.609. The van der Waals surface area contributed by atoms with E-state index in [1.165, 1.54) is 0 Å². The Bertz CT molecular complexity index is 1250. The Morgan fingerprint density at radius 2 is 1.88 bits per heavy atom. The number of fused-ring (bicyclic) bond motifs is 1. The molecular formula is C23H20N4O5. The third kappa shape index (κ3) is 3.00. The molecule has 162 valence electrons. The number of hydrogen-bond acceptors (Lipinski definition) is 7. The SMILES string of the molecule is CC1(c2cccc(-c3noc([C@@H]4C[C@H]4c4ccc5c(c4)OCCO5)n3)c2)NC(=O)NC1=O. The number of amides is 3. The van der Waals surface area contributed by atoms with Gasteiger partial charge in [-0.05, 0) is 48.6 Å². The number of rotatable bonds is 4. The van der Waals surface area contributed by atoms with Crippen LogP contribution in [0.15, 0.2) is 47.0 Å². The number of aromatic nitrogens is 2. The molecule has 2 N–H and O–H groups in total. The van der Waals surface area contributed by atoms with Crippen LogP contribution in [0.4, 0.5) is 4.79 Å². The fraction of sp³-hybridized carbons (Fsp3) is 0.304. The van der Waals surface area contributed by atoms with E-state index in [4.69, 9.17) is 14.0 Å². The van der Waals surface area contributed by atoms with Crippen LogP contribution in [-0.2, 0) is 10.3 Å². The van der Waals surface area contributed by atoms with Gasteiger partial charge in [-0.1, -0.05) is 29.4 Å². The number of carbonyl (C=O) groups is 2. The van der Waals surface area contributed by atoms with E-state index >= 15 is 0 Å². The summed E-state index contributed by atoms with van der Waals surface area (Å²) in [4.78, 5) is 28.5. The normalized spacial score (nSPS) is 25.9. The Labute approximate surface area is 183 Å². The van der Waals surface area contributed by atoms with Gasteiger partial charge in [0.05, 0.1) is 0 Å². The number of hydrogen-bond donors (Lipinski definition) is 2. The highest BCUT2D eigenvalue weighted by atomic mass is 16.6. The average Bonchev–Trinajstić information content (AvgIpc) is 3.36. The maximum atomic E-state index is 12.3. The van der Waals surface area contributed by atoms with Crippen LogP contribution < -0.4 is 20.1 Å². The Hall–Kier alpha value is -3.88. The molecule has 9 nitrogen and oxygen atoms in total. The largest absolute Gasteiger partial charge is 0.486 e. The van der Waals surface area contributed by atoms with Crippen molar-refractivity contribution < 1.29 is 23.6 Å². The average molecular weight is 432 g/mol. The minimum atomic E-state index is -1.14. The van der Waals surface area contributed by atoms with E-state index in [-0.39, 0.29) is 5.92 Å². The first-order valence-electron chi connectivity index (χ1n) is 10.5. The summed E-state index contributed by atoms with van der Waals surface area (Å²) >= 11 is 0. The monoisotopic (exact) mass is 432 g/mol. The van der Waals surface area contributed by atoms with Crippen LogP contribution in [0.25, 0.3) is 11.4 Å². The minimum absolute atomic E-state index is 0.152. The number of urea groups is 1. The van der Waals surface area contributed by atoms with Gasteiger partial charge < -0.3 is 19.3 Å². The second-order valence-electron chi connectivity index (χ2n) is 8.42. The van der Waals surface area contributed by atoms with Crippen LogP contribution in [0.1, 0.15) is 42.2 Å². The van der Waals surface area contributed by atoms with Gasteiger partial charge in [0.2, 0.25) is 11.7 Å². The minimum Gasteiger partial charge on any atom is -0.486 e. The van der Waals surface area contributed by atoms with Gasteiger partial charge in [-0.15, -0.1) is 0 Å². The second kappa shape index (κ2) is 6.81. The van der Waals surface area contributed by atoms with Gasteiger partial charge in [0.25, 0.3) is 5.91 Å². The molecule has 2 aliphatic heterocycles. The molecule has 0 radical (unpaired) electrons. The molecule has 3 amide bonds. The first-order valence-corrected chi connectivity index (χ1v) is 10.5. The number of imide groups is 1. The molecule has 0 bridgehead atoms. The second-order valence-corrected chi connectivity index (χ2v) is 8.42. The van der Waals surface area contributed by atoms with E-state index in [0.717, 1.165) is 23.5 Å². The van der Waals surface area contributed by atoms with Crippen molar-refractivity contribution in [2.45, 2.75) is 30.7 Å². The predicted octanol–water partition coefficient (Wildman–Crippen LogP) is 2.83. The molecule has 3 aliphatic rings. The van der Waals surface area contributed by atoms with Crippen molar-refractivity contribution in [2.75, 3.05) is 13.2 Å². The molecule has 1 unspecified atom stereocenters. The van der Waals surface area contributed by atoms with Crippen molar-refractivity contribution in [1.82, 2.24) is 20.8 Å². The van der Waals surface area contributed by atoms with Crippen LogP contribution in [0, 0.1) is 0 Å². The molecule has 32 heavy (non-hydrogen) atoms. The summed E-state index contributed by atoms with van der Waals surface area (Å²) in [7, 11) is 0. The zero-order valence-corrected chi connectivity index (χ0v) is 17.3. The molecule has 1 saturated heterocycles. The molecule has 6 rings (SSSR count). The Kier molecular flexibility index (Phi) is 4.01. The molecule has 3 aromatic rings. The Morgan fingerprint density at radius 3 is 2.69 bits per heavy atom. The lowest BCUT2D eigenvalue weighted by Crippen LogP contribution is -2.40. The molecule has 1 aromatic heterocycles. The molecule has 2 aromatic carbocycles. The Morgan fingerprint density at radius 1 is 1.03 bits per heavy atom. The van der Waals surface area contributed by atoms with Gasteiger partial charge in [-0.3, -0.25) is 10.1 Å². The van der Waals surface area contributed by atoms with Crippen molar-refractivity contribution in [3.05, 3.63) is 59.5 Å². The third-order valence-corrected chi connectivity index (χ3v) is 6.29. The lowest BCUT2D eigenvalue weighted by Gasteiger charge is -2.21. The molecule has 2 fully saturated rings. The van der Waals surface area contributed by atoms with Crippen molar-refractivity contribution in [3.8, 4) is 22.9 Å². The van der Waals surface area contributed by atoms with E-state index in [1.54, 1.807) is 25.1 Å². The van der Waals surface area contributed by atoms with E-state index in [9.17, 15) is 9.59 Å². The van der Waals surface area contributed by atoms with Gasteiger partial charge in [-0.2, -0.15) is 4.98 Å². The number of ether oxygens (including phenoxy) is 2. The fourth-order valence-corrected chi connectivity index (χ4v) is 4.35. The lowest BCUT2D eigenvalue weighted by molar-refractivity contribution is -0.123. The number of nitrogens with zero attached hydrogens (tertiary/aromatic N) is 2. The summed E-state index contributed by atoms with van der Waals surface area (Å²) in [6.45, 7) is 2.79. The topological polar surface area (TPSA) is 116 Å². The summed E-state index contributed by atoms with van der Waals surface area (Å²) in [5.41, 5.74) is 1.38. The van der Waals surface area contributed by atoms with E-state index in [1.807, 2.05) is 18.2 Å². The standard InChI is InChI=1S/C23H20N4O5/c1-23(21(28)25-22(29)26-23)14-4-2-3-13(9-14)19-24-20(32-27-19)16-11-15(16)12-5-6-17-18(10-12)31-8-7-30-17/h2-6,9-10,15-16H,7-8,11H2,1H3,(H2,25,26,28,29)/t15-,16+,23?/m0/s1. The van der Waals surface area contributed by atoms with Gasteiger partial charge in [-0.25, -0.2) is 4.79 Å². The first-order chi connectivity index (χ1) is 15.5. The van der Waals surface area contributed by atoms with Crippen molar-refractivity contribution in [1.29, 1.82) is 0 Å². The zero-order chi connectivity index (χ0) is 21.9. The highest BCUT2D eigenvalue weighted by molar-refractivity contribution is 6.07. The maximum Gasteiger partial charge on any atom is 0.322 e. The molecular weight excluding hydrogens is 412 g/mol. The highest BCUT2D eigenvalue weighted by Gasteiger charge is 2.45. The van der Waals surface area contributed by atoms with E-state index in [2.05, 4.69) is 26.8 Å². The van der Waals surface area contributed by atoms with Crippen LogP contribution in [0.2, 0.25) is 0 Å². The molecule has 0 spiro atoms. The lowest BCUT2D eigenvalue weighted by atomic mass is 9.91. The summed E-state index contributed by atoms with van der Waals surface area (Å²) in [6.07, 6.45) is 0.922. The summed E-state index contributed by atoms with van der Waals surface area (Å²) in [5, 5.41) is 9.10. The smallest absolute Gasteiger partial charge is 0.322 e. The summed E-state index contributed by atoms with van der Waals surface area (Å²) in [6, 6.07) is 12.8. The number of carbonyl (C=O) groups excluding carboxylic acids is 2. The third-order valence-electron chi connectivity index (χ3n) is 6.29. The Balaban J connectivity index is 1.23. The molecule has 3 heterocycles. The van der Waals surface area contributed by atoms with Crippen LogP contribution in [0.5, 0.6) is 11.5 Å². The van der Waals surface area contributed by atoms with Crippen LogP contribution in [-0.4, -0.2) is 35.3 Å². The fourth-order valence-electron chi connectivity index (χ4n) is 4.35. The van der Waals surface area contributed by atoms with Crippen molar-refractivity contribution >= 4 is 11.9 Å². The van der Waals surface area contributed by atoms with Crippen LogP contribution >= 0.6 is 0 Å². The summed E-state index contributed by atoms with van der Waals surface area (Å²) < 4.78 is 16.9. The highest BCUT2D eigenvalue weighted by Crippen LogP contribution is 2.55. The van der Waals surface area contributed by atoms with Crippen molar-refractivity contribution in [3.63, 3.8) is 0 Å². The molecule has 9 heteroatoms. The van der Waals surface area contributed by atoms with Gasteiger partial charge in [0, 0.05) is 11.5 Å². The van der Waals surface area contributed by atoms with Crippen LogP contribution in [0.3, 0.4) is 0 Å². The van der Waals surface area contributed by atoms with Gasteiger partial charge in [0.15, 0.2) is 11.5 Å². The molecule has 1 saturated carbocycles. The van der Waals surface area contributed by atoms with E-state index in [0.29, 0.717) is 42.0 Å². The maximum absolute atomic E-state index is 12.3.